The minimum absolute atomic E-state index is 0.0766. The van der Waals surface area contributed by atoms with Crippen molar-refractivity contribution in [3.05, 3.63) is 46.5 Å². The van der Waals surface area contributed by atoms with Gasteiger partial charge in [-0.25, -0.2) is 13.6 Å². The highest BCUT2D eigenvalue weighted by molar-refractivity contribution is 5.89. The molecule has 0 saturated carbocycles. The van der Waals surface area contributed by atoms with Crippen LogP contribution in [0.5, 0.6) is 0 Å². The van der Waals surface area contributed by atoms with E-state index in [1.165, 1.54) is 0 Å². The topological polar surface area (TPSA) is 50.2 Å². The Bertz CT molecular complexity index is 1020. The Morgan fingerprint density at radius 1 is 1.26 bits per heavy atom. The van der Waals surface area contributed by atoms with Crippen LogP contribution >= 0.6 is 0 Å². The van der Waals surface area contributed by atoms with Gasteiger partial charge >= 0.3 is 12.2 Å². The van der Waals surface area contributed by atoms with Crippen LogP contribution < -0.4 is 5.32 Å². The molecule has 1 aromatic carbocycles. The van der Waals surface area contributed by atoms with Crippen LogP contribution in [0, 0.1) is 5.82 Å². The lowest BCUT2D eigenvalue weighted by atomic mass is 10.00. The fraction of sp³-hybridized carbons (Fsp3) is 0.474. The number of nitrogens with zero attached hydrogens (tertiary/aromatic N) is 3. The molecule has 3 heterocycles. The first-order valence-electron chi connectivity index (χ1n) is 9.49. The number of rotatable bonds is 1. The predicted molar refractivity (Wildman–Crippen MR) is 94.8 cm³/mol. The standard InChI is InChI=1S/C19H17F7N4O/c20-10-3-5-18(22,23)16-12-9-29(6-4-15(12)28-30(16)8-10)17(31)27-11-1-2-14(21)13(7-11)19(24,25)26/h1-2,7,10H,3-6,8-9H2,(H,27,31). The Morgan fingerprint density at radius 2 is 2.00 bits per heavy atom. The minimum Gasteiger partial charge on any atom is -0.320 e. The second-order valence-electron chi connectivity index (χ2n) is 7.59. The van der Waals surface area contributed by atoms with Crippen molar-refractivity contribution in [1.82, 2.24) is 14.7 Å². The van der Waals surface area contributed by atoms with E-state index in [0.29, 0.717) is 17.8 Å². The summed E-state index contributed by atoms with van der Waals surface area (Å²) in [6.45, 7) is -0.483. The zero-order chi connectivity index (χ0) is 22.6. The van der Waals surface area contributed by atoms with E-state index in [0.717, 1.165) is 15.6 Å². The lowest BCUT2D eigenvalue weighted by molar-refractivity contribution is -0.139. The Labute approximate surface area is 171 Å². The number of anilines is 1. The smallest absolute Gasteiger partial charge is 0.320 e. The van der Waals surface area contributed by atoms with E-state index in [4.69, 9.17) is 0 Å². The molecule has 1 N–H and O–H groups in total. The third-order valence-electron chi connectivity index (χ3n) is 5.40. The molecule has 0 fully saturated rings. The fourth-order valence-corrected chi connectivity index (χ4v) is 3.90. The number of aromatic nitrogens is 2. The van der Waals surface area contributed by atoms with Crippen LogP contribution in [-0.4, -0.2) is 33.4 Å². The van der Waals surface area contributed by atoms with Gasteiger partial charge in [-0.2, -0.15) is 27.1 Å². The summed E-state index contributed by atoms with van der Waals surface area (Å²) in [6, 6.07) is 1.19. The van der Waals surface area contributed by atoms with Crippen molar-refractivity contribution in [2.75, 3.05) is 11.9 Å². The van der Waals surface area contributed by atoms with Crippen LogP contribution in [0.3, 0.4) is 0 Å². The molecule has 2 aliphatic heterocycles. The maximum Gasteiger partial charge on any atom is 0.419 e. The zero-order valence-electron chi connectivity index (χ0n) is 15.9. The number of hydrogen-bond acceptors (Lipinski definition) is 2. The molecular weight excluding hydrogens is 433 g/mol. The Balaban J connectivity index is 1.57. The normalized spacial score (nSPS) is 20.6. The van der Waals surface area contributed by atoms with Crippen LogP contribution in [0.1, 0.15) is 35.4 Å². The number of amides is 2. The lowest BCUT2D eigenvalue weighted by Gasteiger charge is -2.28. The molecule has 168 valence electrons. The number of hydrogen-bond donors (Lipinski definition) is 1. The lowest BCUT2D eigenvalue weighted by Crippen LogP contribution is -2.39. The van der Waals surface area contributed by atoms with Crippen molar-refractivity contribution in [3.8, 4) is 0 Å². The van der Waals surface area contributed by atoms with Gasteiger partial charge in [0.05, 0.1) is 24.3 Å². The molecule has 12 heteroatoms. The summed E-state index contributed by atoms with van der Waals surface area (Å²) in [5.41, 5.74) is -1.79. The molecule has 1 atom stereocenters. The molecule has 0 radical (unpaired) electrons. The van der Waals surface area contributed by atoms with E-state index in [2.05, 4.69) is 10.4 Å². The molecule has 1 unspecified atom stereocenters. The summed E-state index contributed by atoms with van der Waals surface area (Å²) in [6.07, 6.45) is -7.28. The van der Waals surface area contributed by atoms with Crippen molar-refractivity contribution in [1.29, 1.82) is 0 Å². The molecule has 2 amide bonds. The molecule has 0 spiro atoms. The highest BCUT2D eigenvalue weighted by atomic mass is 19.4. The van der Waals surface area contributed by atoms with Gasteiger partial charge in [0.1, 0.15) is 17.7 Å². The molecule has 2 aromatic rings. The zero-order valence-corrected chi connectivity index (χ0v) is 15.9. The van der Waals surface area contributed by atoms with E-state index >= 15 is 0 Å². The van der Waals surface area contributed by atoms with E-state index in [1.54, 1.807) is 0 Å². The van der Waals surface area contributed by atoms with Gasteiger partial charge in [-0.05, 0) is 24.6 Å². The number of urea groups is 1. The number of halogens is 7. The second-order valence-corrected chi connectivity index (χ2v) is 7.59. The van der Waals surface area contributed by atoms with Crippen LogP contribution in [0.15, 0.2) is 18.2 Å². The van der Waals surface area contributed by atoms with E-state index < -0.39 is 47.8 Å². The first kappa shape index (κ1) is 21.4. The average molecular weight is 450 g/mol. The molecule has 0 saturated heterocycles. The predicted octanol–water partition coefficient (Wildman–Crippen LogP) is 4.85. The summed E-state index contributed by atoms with van der Waals surface area (Å²) in [5.74, 6) is -4.80. The third-order valence-corrected chi connectivity index (χ3v) is 5.40. The molecule has 5 nitrogen and oxygen atoms in total. The van der Waals surface area contributed by atoms with Gasteiger partial charge in [-0.3, -0.25) is 4.68 Å². The number of benzene rings is 1. The van der Waals surface area contributed by atoms with Gasteiger partial charge in [0.25, 0.3) is 5.92 Å². The Kier molecular flexibility index (Phi) is 5.13. The molecular formula is C19H17F7N4O. The van der Waals surface area contributed by atoms with Crippen LogP contribution in [0.4, 0.5) is 41.2 Å². The van der Waals surface area contributed by atoms with Gasteiger partial charge < -0.3 is 10.2 Å². The van der Waals surface area contributed by atoms with Gasteiger partial charge in [-0.1, -0.05) is 0 Å². The highest BCUT2D eigenvalue weighted by Crippen LogP contribution is 2.41. The molecule has 1 aromatic heterocycles. The molecule has 4 rings (SSSR count). The van der Waals surface area contributed by atoms with Gasteiger partial charge in [0, 0.05) is 30.6 Å². The quantitative estimate of drug-likeness (QED) is 0.632. The summed E-state index contributed by atoms with van der Waals surface area (Å²) < 4.78 is 96.1. The van der Waals surface area contributed by atoms with Crippen molar-refractivity contribution in [3.63, 3.8) is 0 Å². The van der Waals surface area contributed by atoms with Crippen LogP contribution in [0.2, 0.25) is 0 Å². The maximum atomic E-state index is 14.6. The Hall–Kier alpha value is -2.79. The van der Waals surface area contributed by atoms with Crippen LogP contribution in [0.25, 0.3) is 0 Å². The number of carbonyl (C=O) groups is 1. The van der Waals surface area contributed by atoms with Crippen molar-refractivity contribution >= 4 is 11.7 Å². The summed E-state index contributed by atoms with van der Waals surface area (Å²) in [4.78, 5) is 13.7. The molecule has 0 aliphatic carbocycles. The Morgan fingerprint density at radius 3 is 2.71 bits per heavy atom. The third kappa shape index (κ3) is 4.07. The summed E-state index contributed by atoms with van der Waals surface area (Å²) in [5, 5.41) is 6.34. The van der Waals surface area contributed by atoms with E-state index in [9.17, 15) is 35.5 Å². The molecule has 2 aliphatic rings. The van der Waals surface area contributed by atoms with E-state index in [1.807, 2.05) is 0 Å². The van der Waals surface area contributed by atoms with Crippen molar-refractivity contribution in [2.24, 2.45) is 0 Å². The maximum absolute atomic E-state index is 14.6. The highest BCUT2D eigenvalue weighted by Gasteiger charge is 2.44. The van der Waals surface area contributed by atoms with Gasteiger partial charge in [0.15, 0.2) is 0 Å². The fourth-order valence-electron chi connectivity index (χ4n) is 3.90. The number of alkyl halides is 6. The van der Waals surface area contributed by atoms with Crippen molar-refractivity contribution < 1.29 is 35.5 Å². The van der Waals surface area contributed by atoms with Gasteiger partial charge in [0.2, 0.25) is 0 Å². The summed E-state index contributed by atoms with van der Waals surface area (Å²) >= 11 is 0. The van der Waals surface area contributed by atoms with Crippen LogP contribution in [-0.2, 0) is 31.6 Å². The number of carbonyl (C=O) groups excluding carboxylic acids is 1. The van der Waals surface area contributed by atoms with Gasteiger partial charge in [-0.15, -0.1) is 0 Å². The SMILES string of the molecule is O=C(Nc1ccc(F)c(C(F)(F)F)c1)N1CCc2nn3c(c2C1)C(F)(F)CCC(F)C3. The largest absolute Gasteiger partial charge is 0.419 e. The van der Waals surface area contributed by atoms with E-state index in [-0.39, 0.29) is 43.7 Å². The molecule has 0 bridgehead atoms. The number of fused-ring (bicyclic) bond motifs is 3. The van der Waals surface area contributed by atoms with Crippen molar-refractivity contribution in [2.45, 2.75) is 50.6 Å². The molecule has 31 heavy (non-hydrogen) atoms. The summed E-state index contributed by atoms with van der Waals surface area (Å²) in [7, 11) is 0. The first-order chi connectivity index (χ1) is 14.5. The first-order valence-corrected chi connectivity index (χ1v) is 9.49. The minimum atomic E-state index is -4.94. The number of nitrogens with one attached hydrogen (secondary N) is 1. The monoisotopic (exact) mass is 450 g/mol. The second kappa shape index (κ2) is 7.41. The average Bonchev–Trinajstić information content (AvgIpc) is 2.99.